The Balaban J connectivity index is 1.97. The first-order chi connectivity index (χ1) is 10.7. The van der Waals surface area contributed by atoms with Gasteiger partial charge in [0, 0.05) is 0 Å². The summed E-state index contributed by atoms with van der Waals surface area (Å²) < 4.78 is 12.8. The molecule has 2 atom stereocenters. The molecule has 22 heavy (non-hydrogen) atoms. The van der Waals surface area contributed by atoms with E-state index in [1.807, 2.05) is 41.8 Å². The lowest BCUT2D eigenvalue weighted by Gasteiger charge is -2.29. The van der Waals surface area contributed by atoms with Gasteiger partial charge in [-0.3, -0.25) is 4.79 Å². The van der Waals surface area contributed by atoms with Crippen molar-refractivity contribution in [2.75, 3.05) is 26.8 Å². The van der Waals surface area contributed by atoms with Crippen LogP contribution in [0.1, 0.15) is 4.88 Å². The fourth-order valence-electron chi connectivity index (χ4n) is 2.77. The average Bonchev–Trinajstić information content (AvgIpc) is 3.19. The van der Waals surface area contributed by atoms with Crippen LogP contribution in [0.3, 0.4) is 0 Å². The van der Waals surface area contributed by atoms with Crippen molar-refractivity contribution in [2.24, 2.45) is 5.41 Å². The van der Waals surface area contributed by atoms with Gasteiger partial charge in [0.25, 0.3) is 0 Å². The van der Waals surface area contributed by atoms with Gasteiger partial charge < -0.3 is 9.47 Å². The first-order valence-electron chi connectivity index (χ1n) is 7.04. The Labute approximate surface area is 138 Å². The van der Waals surface area contributed by atoms with E-state index < -0.39 is 10.8 Å². The lowest BCUT2D eigenvalue weighted by molar-refractivity contribution is -0.528. The summed E-state index contributed by atoms with van der Waals surface area (Å²) in [5.74, 6) is 0.482. The molecular weight excluding hydrogens is 322 g/mol. The van der Waals surface area contributed by atoms with Crippen molar-refractivity contribution in [1.29, 1.82) is 0 Å². The molecule has 2 heterocycles. The predicted octanol–water partition coefficient (Wildman–Crippen LogP) is 2.43. The summed E-state index contributed by atoms with van der Waals surface area (Å²) in [6.45, 7) is 1.77. The molecule has 4 nitrogen and oxygen atoms in total. The number of nitrogens with zero attached hydrogens (tertiary/aromatic N) is 1. The standard InChI is InChI=1S/C16H17ClNO3S/c1-20-15(19)16(7-3-2-6-13(16)17)11-18-8-9-21-14(18)12-5-4-10-22-12/h2-7,10,13H,8-9,11H2,1H3/q+1. The minimum absolute atomic E-state index is 0.328. The Morgan fingerprint density at radius 2 is 2.45 bits per heavy atom. The summed E-state index contributed by atoms with van der Waals surface area (Å²) in [5.41, 5.74) is -0.902. The Morgan fingerprint density at radius 1 is 1.59 bits per heavy atom. The molecule has 2 aliphatic rings. The highest BCUT2D eigenvalue weighted by atomic mass is 35.5. The molecule has 0 amide bonds. The number of allylic oxidation sites excluding steroid dienone is 3. The fraction of sp³-hybridized carbons (Fsp3) is 0.375. The van der Waals surface area contributed by atoms with Crippen LogP contribution in [0, 0.1) is 5.41 Å². The van der Waals surface area contributed by atoms with Crippen LogP contribution in [0.4, 0.5) is 0 Å². The molecule has 0 aromatic carbocycles. The highest BCUT2D eigenvalue weighted by Gasteiger charge is 2.49. The van der Waals surface area contributed by atoms with Crippen molar-refractivity contribution in [1.82, 2.24) is 0 Å². The Bertz CT molecular complexity index is 650. The van der Waals surface area contributed by atoms with Gasteiger partial charge in [-0.05, 0) is 11.4 Å². The number of carbonyl (C=O) groups is 1. The van der Waals surface area contributed by atoms with Crippen LogP contribution in [-0.4, -0.2) is 48.6 Å². The van der Waals surface area contributed by atoms with Crippen molar-refractivity contribution < 1.29 is 18.8 Å². The fourth-order valence-corrected chi connectivity index (χ4v) is 3.83. The molecule has 0 bridgehead atoms. The topological polar surface area (TPSA) is 38.5 Å². The maximum atomic E-state index is 12.4. The molecule has 116 valence electrons. The second-order valence-electron chi connectivity index (χ2n) is 5.23. The highest BCUT2D eigenvalue weighted by molar-refractivity contribution is 7.12. The number of thiophene rings is 1. The molecule has 0 N–H and O–H groups in total. The lowest BCUT2D eigenvalue weighted by atomic mass is 9.80. The van der Waals surface area contributed by atoms with E-state index in [9.17, 15) is 4.79 Å². The SMILES string of the molecule is COC(=O)C1(C[N+]2=C(c3cccs3)OCC2)C=CC=CC1Cl. The Morgan fingerprint density at radius 3 is 3.14 bits per heavy atom. The van der Waals surface area contributed by atoms with Crippen molar-refractivity contribution in [3.05, 3.63) is 46.7 Å². The molecule has 2 unspecified atom stereocenters. The number of carbonyl (C=O) groups excluding carboxylic acids is 1. The summed E-state index contributed by atoms with van der Waals surface area (Å²) in [6.07, 6.45) is 7.35. The van der Waals surface area contributed by atoms with E-state index in [-0.39, 0.29) is 5.97 Å². The zero-order valence-electron chi connectivity index (χ0n) is 12.2. The van der Waals surface area contributed by atoms with E-state index in [1.54, 1.807) is 11.3 Å². The quantitative estimate of drug-likeness (QED) is 0.481. The molecule has 0 fully saturated rings. The van der Waals surface area contributed by atoms with Crippen molar-refractivity contribution >= 4 is 34.8 Å². The summed E-state index contributed by atoms with van der Waals surface area (Å²) in [4.78, 5) is 13.5. The van der Waals surface area contributed by atoms with Crippen molar-refractivity contribution in [3.63, 3.8) is 0 Å². The molecule has 0 radical (unpaired) electrons. The number of alkyl halides is 1. The summed E-state index contributed by atoms with van der Waals surface area (Å²) in [7, 11) is 1.39. The number of rotatable bonds is 4. The Kier molecular flexibility index (Phi) is 4.36. The van der Waals surface area contributed by atoms with Gasteiger partial charge in [-0.15, -0.1) is 22.9 Å². The minimum Gasteiger partial charge on any atom is -0.468 e. The number of hydrogen-bond acceptors (Lipinski definition) is 4. The highest BCUT2D eigenvalue weighted by Crippen LogP contribution is 2.35. The second kappa shape index (κ2) is 6.26. The van der Waals surface area contributed by atoms with Crippen LogP contribution in [0.5, 0.6) is 0 Å². The number of hydrogen-bond donors (Lipinski definition) is 0. The van der Waals surface area contributed by atoms with Crippen LogP contribution >= 0.6 is 22.9 Å². The first-order valence-corrected chi connectivity index (χ1v) is 8.36. The van der Waals surface area contributed by atoms with Crippen molar-refractivity contribution in [2.45, 2.75) is 5.38 Å². The van der Waals surface area contributed by atoms with E-state index in [2.05, 4.69) is 4.58 Å². The summed E-state index contributed by atoms with van der Waals surface area (Å²) in [5, 5.41) is 1.56. The normalized spacial score (nSPS) is 27.1. The first kappa shape index (κ1) is 15.3. The predicted molar refractivity (Wildman–Crippen MR) is 86.7 cm³/mol. The molecule has 6 heteroatoms. The third-order valence-electron chi connectivity index (χ3n) is 3.91. The van der Waals surface area contributed by atoms with Crippen LogP contribution in [-0.2, 0) is 14.3 Å². The molecule has 3 rings (SSSR count). The van der Waals surface area contributed by atoms with Gasteiger partial charge in [0.2, 0.25) is 0 Å². The Hall–Kier alpha value is -1.59. The number of methoxy groups -OCH3 is 1. The second-order valence-corrected chi connectivity index (χ2v) is 6.65. The number of ether oxygens (including phenoxy) is 2. The average molecular weight is 339 g/mol. The monoisotopic (exact) mass is 338 g/mol. The third-order valence-corrected chi connectivity index (χ3v) is 5.31. The van der Waals surface area contributed by atoms with E-state index in [1.165, 1.54) is 7.11 Å². The zero-order chi connectivity index (χ0) is 15.6. The van der Waals surface area contributed by atoms with Crippen LogP contribution in [0.15, 0.2) is 41.8 Å². The summed E-state index contributed by atoms with van der Waals surface area (Å²) in [6, 6.07) is 3.99. The van der Waals surface area contributed by atoms with Gasteiger partial charge in [-0.1, -0.05) is 30.4 Å². The van der Waals surface area contributed by atoms with Crippen LogP contribution in [0.2, 0.25) is 0 Å². The van der Waals surface area contributed by atoms with Crippen LogP contribution < -0.4 is 0 Å². The van der Waals surface area contributed by atoms with E-state index in [4.69, 9.17) is 21.1 Å². The van der Waals surface area contributed by atoms with Crippen LogP contribution in [0.25, 0.3) is 0 Å². The van der Waals surface area contributed by atoms with Gasteiger partial charge in [-0.25, -0.2) is 0 Å². The summed E-state index contributed by atoms with van der Waals surface area (Å²) >= 11 is 8.07. The molecule has 1 aromatic rings. The number of halogens is 1. The zero-order valence-corrected chi connectivity index (χ0v) is 13.8. The molecular formula is C16H17ClNO3S+. The van der Waals surface area contributed by atoms with E-state index in [0.717, 1.165) is 17.3 Å². The third kappa shape index (κ3) is 2.59. The van der Waals surface area contributed by atoms with Crippen molar-refractivity contribution in [3.8, 4) is 0 Å². The van der Waals surface area contributed by atoms with Gasteiger partial charge >= 0.3 is 11.9 Å². The molecule has 1 aliphatic heterocycles. The van der Waals surface area contributed by atoms with Gasteiger partial charge in [-0.2, -0.15) is 4.58 Å². The van der Waals surface area contributed by atoms with Gasteiger partial charge in [0.05, 0.1) is 12.5 Å². The minimum atomic E-state index is -0.902. The molecule has 0 spiro atoms. The molecule has 1 aliphatic carbocycles. The van der Waals surface area contributed by atoms with E-state index in [0.29, 0.717) is 13.2 Å². The van der Waals surface area contributed by atoms with E-state index >= 15 is 0 Å². The largest absolute Gasteiger partial charge is 0.468 e. The van der Waals surface area contributed by atoms with Gasteiger partial charge in [0.1, 0.15) is 4.88 Å². The van der Waals surface area contributed by atoms with Gasteiger partial charge in [0.15, 0.2) is 25.1 Å². The maximum absolute atomic E-state index is 12.4. The molecule has 1 aromatic heterocycles. The smallest absolute Gasteiger partial charge is 0.380 e. The molecule has 0 saturated heterocycles. The lowest BCUT2D eigenvalue weighted by Crippen LogP contribution is -2.46. The number of esters is 1. The maximum Gasteiger partial charge on any atom is 0.380 e. The molecule has 0 saturated carbocycles.